The van der Waals surface area contributed by atoms with E-state index in [2.05, 4.69) is 20.1 Å². The standard InChI is InChI=1S/C10H13N5O4/c11-8-5-9(13-2-12-8)15(3-14-5)10-7(18)6(17)4(1-16)19-10/h2-4,6-7,10,16-18H,1H2,(H2,11,12,13)/t4-,6-,7-,10-/m1/s1/i16D. The molecule has 5 N–H and O–H groups in total. The van der Waals surface area contributed by atoms with Crippen LogP contribution in [0.5, 0.6) is 0 Å². The van der Waals surface area contributed by atoms with E-state index in [9.17, 15) is 10.2 Å². The maximum atomic E-state index is 10.0. The number of nitrogens with zero attached hydrogens (tertiary/aromatic N) is 4. The fraction of sp³-hybridized carbons (Fsp3) is 0.500. The second-order valence-corrected chi connectivity index (χ2v) is 4.30. The van der Waals surface area contributed by atoms with Crippen LogP contribution in [-0.4, -0.2) is 61.2 Å². The van der Waals surface area contributed by atoms with Crippen LogP contribution in [-0.2, 0) is 4.74 Å². The molecule has 102 valence electrons. The Morgan fingerprint density at radius 3 is 3.00 bits per heavy atom. The maximum absolute atomic E-state index is 10.0. The summed E-state index contributed by atoms with van der Waals surface area (Å²) in [6.07, 6.45) is -1.36. The van der Waals surface area contributed by atoms with Gasteiger partial charge in [0, 0.05) is 0 Å². The highest BCUT2D eigenvalue weighted by Crippen LogP contribution is 2.31. The summed E-state index contributed by atoms with van der Waals surface area (Å²) in [7, 11) is 0. The molecule has 0 aromatic carbocycles. The number of ether oxygens (including phenoxy) is 1. The molecule has 3 rings (SSSR count). The minimum Gasteiger partial charge on any atom is -0.394 e. The van der Waals surface area contributed by atoms with Gasteiger partial charge in [0.05, 0.1) is 12.9 Å². The number of imidazole rings is 1. The van der Waals surface area contributed by atoms with Crippen LogP contribution in [0.2, 0.25) is 0 Å². The largest absolute Gasteiger partial charge is 0.394 e. The summed E-state index contributed by atoms with van der Waals surface area (Å²) in [5.41, 5.74) is 6.46. The average molecular weight is 268 g/mol. The van der Waals surface area contributed by atoms with Crippen molar-refractivity contribution in [2.45, 2.75) is 24.5 Å². The molecule has 0 saturated carbocycles. The molecule has 3 heterocycles. The smallest absolute Gasteiger partial charge is 0.210 e. The number of fused-ring (bicyclic) bond motifs is 1. The Kier molecular flexibility index (Phi) is 2.55. The minimum atomic E-state index is -1.19. The highest BCUT2D eigenvalue weighted by molar-refractivity contribution is 5.81. The SMILES string of the molecule is [2H]OC[C@H]1O[C@@H](n2cnc3c(N)ncnc32)[C@H](O)[C@@H]1O. The van der Waals surface area contributed by atoms with Gasteiger partial charge in [0.2, 0.25) is 1.43 Å². The molecule has 2 aromatic heterocycles. The van der Waals surface area contributed by atoms with E-state index in [-0.39, 0.29) is 12.4 Å². The lowest BCUT2D eigenvalue weighted by molar-refractivity contribution is -0.0511. The normalized spacial score (nSPS) is 31.8. The molecule has 2 aromatic rings. The van der Waals surface area contributed by atoms with E-state index in [1.165, 1.54) is 17.2 Å². The molecule has 9 heteroatoms. The Balaban J connectivity index is 1.97. The Morgan fingerprint density at radius 1 is 1.37 bits per heavy atom. The number of nitrogens with two attached hydrogens (primary N) is 1. The van der Waals surface area contributed by atoms with E-state index in [1.807, 2.05) is 0 Å². The molecule has 9 nitrogen and oxygen atoms in total. The van der Waals surface area contributed by atoms with Crippen LogP contribution in [0, 0.1) is 0 Å². The molecule has 0 bridgehead atoms. The topological polar surface area (TPSA) is 140 Å². The van der Waals surface area contributed by atoms with E-state index in [4.69, 9.17) is 11.9 Å². The summed E-state index contributed by atoms with van der Waals surface area (Å²) in [4.78, 5) is 11.9. The van der Waals surface area contributed by atoms with Gasteiger partial charge < -0.3 is 25.8 Å². The zero-order chi connectivity index (χ0) is 14.3. The Hall–Kier alpha value is -1.81. The third kappa shape index (κ3) is 1.75. The predicted molar refractivity (Wildman–Crippen MR) is 62.7 cm³/mol. The van der Waals surface area contributed by atoms with Crippen LogP contribution < -0.4 is 5.73 Å². The van der Waals surface area contributed by atoms with Gasteiger partial charge >= 0.3 is 0 Å². The van der Waals surface area contributed by atoms with E-state index in [0.717, 1.165) is 0 Å². The lowest BCUT2D eigenvalue weighted by Gasteiger charge is -2.16. The van der Waals surface area contributed by atoms with Crippen LogP contribution >= 0.6 is 0 Å². The highest BCUT2D eigenvalue weighted by atomic mass is 16.6. The molecule has 1 aliphatic rings. The zero-order valence-corrected chi connectivity index (χ0v) is 9.75. The van der Waals surface area contributed by atoms with Crippen molar-refractivity contribution in [3.63, 3.8) is 0 Å². The molecule has 1 aliphatic heterocycles. The number of aliphatic hydroxyl groups excluding tert-OH is 3. The van der Waals surface area contributed by atoms with E-state index < -0.39 is 24.5 Å². The highest BCUT2D eigenvalue weighted by Gasteiger charge is 2.43. The molecule has 0 spiro atoms. The van der Waals surface area contributed by atoms with Gasteiger partial charge in [0.15, 0.2) is 17.7 Å². The zero-order valence-electron chi connectivity index (χ0n) is 10.7. The van der Waals surface area contributed by atoms with Gasteiger partial charge in [0.25, 0.3) is 0 Å². The number of aliphatic hydroxyl groups is 3. The molecule has 1 fully saturated rings. The molecule has 19 heavy (non-hydrogen) atoms. The van der Waals surface area contributed by atoms with Gasteiger partial charge in [-0.3, -0.25) is 4.57 Å². The lowest BCUT2D eigenvalue weighted by Crippen LogP contribution is -2.33. The van der Waals surface area contributed by atoms with Crippen LogP contribution in [0.1, 0.15) is 6.23 Å². The van der Waals surface area contributed by atoms with Crippen LogP contribution in [0.3, 0.4) is 0 Å². The van der Waals surface area contributed by atoms with E-state index in [0.29, 0.717) is 11.2 Å². The summed E-state index contributed by atoms with van der Waals surface area (Å²) in [6, 6.07) is 0. The number of hydrogen-bond acceptors (Lipinski definition) is 8. The van der Waals surface area contributed by atoms with Crippen LogP contribution in [0.25, 0.3) is 11.2 Å². The third-order valence-corrected chi connectivity index (χ3v) is 3.16. The Morgan fingerprint density at radius 2 is 2.21 bits per heavy atom. The molecule has 0 radical (unpaired) electrons. The van der Waals surface area contributed by atoms with E-state index in [1.54, 1.807) is 0 Å². The summed E-state index contributed by atoms with van der Waals surface area (Å²) < 4.78 is 13.7. The summed E-state index contributed by atoms with van der Waals surface area (Å²) >= 11 is 0. The van der Waals surface area contributed by atoms with Crippen molar-refractivity contribution >= 4 is 17.0 Å². The summed E-state index contributed by atoms with van der Waals surface area (Å²) in [6.45, 7) is -0.154. The Labute approximate surface area is 108 Å². The average Bonchev–Trinajstić information content (AvgIpc) is 2.97. The van der Waals surface area contributed by atoms with Crippen molar-refractivity contribution < 1.29 is 20.1 Å². The van der Waals surface area contributed by atoms with Crippen molar-refractivity contribution in [1.29, 1.82) is 1.43 Å². The van der Waals surface area contributed by atoms with E-state index >= 15 is 0 Å². The predicted octanol–water partition coefficient (Wildman–Crippen LogP) is -1.98. The van der Waals surface area contributed by atoms with Gasteiger partial charge in [0.1, 0.15) is 30.2 Å². The monoisotopic (exact) mass is 268 g/mol. The first-order chi connectivity index (χ1) is 9.63. The lowest BCUT2D eigenvalue weighted by atomic mass is 10.1. The van der Waals surface area contributed by atoms with Crippen molar-refractivity contribution in [1.82, 2.24) is 19.5 Å². The fourth-order valence-electron chi connectivity index (χ4n) is 2.15. The maximum Gasteiger partial charge on any atom is 0.210 e. The van der Waals surface area contributed by atoms with Gasteiger partial charge in [-0.05, 0) is 0 Å². The first-order valence-electron chi connectivity index (χ1n) is 6.07. The first-order valence-corrected chi connectivity index (χ1v) is 5.66. The van der Waals surface area contributed by atoms with Crippen LogP contribution in [0.15, 0.2) is 12.7 Å². The van der Waals surface area contributed by atoms with Gasteiger partial charge in [-0.1, -0.05) is 0 Å². The molecule has 0 amide bonds. The minimum absolute atomic E-state index is 0.154. The Bertz CT molecular complexity index is 623. The molecular weight excluding hydrogens is 254 g/mol. The fourth-order valence-corrected chi connectivity index (χ4v) is 2.15. The summed E-state index contributed by atoms with van der Waals surface area (Å²) in [5.74, 6) is 0.216. The van der Waals surface area contributed by atoms with Gasteiger partial charge in [-0.15, -0.1) is 0 Å². The summed E-state index contributed by atoms with van der Waals surface area (Å²) in [5, 5.41) is 24.1. The number of nitrogen functional groups attached to an aromatic ring is 1. The number of rotatable bonds is 3. The quantitative estimate of drug-likeness (QED) is 0.502. The number of aromatic nitrogens is 4. The van der Waals surface area contributed by atoms with Crippen LogP contribution in [0.4, 0.5) is 5.82 Å². The van der Waals surface area contributed by atoms with Gasteiger partial charge in [-0.2, -0.15) is 0 Å². The second-order valence-electron chi connectivity index (χ2n) is 4.30. The molecule has 0 aliphatic carbocycles. The van der Waals surface area contributed by atoms with Crippen molar-refractivity contribution in [2.24, 2.45) is 0 Å². The van der Waals surface area contributed by atoms with Crippen molar-refractivity contribution in [3.8, 4) is 0 Å². The molecular formula is C10H13N5O4. The van der Waals surface area contributed by atoms with Crippen molar-refractivity contribution in [3.05, 3.63) is 12.7 Å². The molecule has 4 atom stereocenters. The van der Waals surface area contributed by atoms with Gasteiger partial charge in [-0.25, -0.2) is 15.0 Å². The van der Waals surface area contributed by atoms with Crippen molar-refractivity contribution in [2.75, 3.05) is 12.3 Å². The third-order valence-electron chi connectivity index (χ3n) is 3.16. The second kappa shape index (κ2) is 4.38. The number of hydrogen-bond donors (Lipinski definition) is 4. The number of anilines is 1. The molecule has 0 unspecified atom stereocenters. The molecule has 1 saturated heterocycles. The first kappa shape index (κ1) is 11.1.